The van der Waals surface area contributed by atoms with E-state index in [1.54, 1.807) is 7.11 Å². The molecule has 0 radical (unpaired) electrons. The molecule has 2 fully saturated rings. The molecule has 4 heteroatoms. The summed E-state index contributed by atoms with van der Waals surface area (Å²) in [7, 11) is 1.63. The lowest BCUT2D eigenvalue weighted by Gasteiger charge is -2.28. The van der Waals surface area contributed by atoms with Gasteiger partial charge in [0, 0.05) is 11.6 Å². The van der Waals surface area contributed by atoms with E-state index in [-0.39, 0.29) is 11.7 Å². The highest BCUT2D eigenvalue weighted by molar-refractivity contribution is 6.32. The molecule has 3 nitrogen and oxygen atoms in total. The molecule has 2 saturated carbocycles. The number of rotatable bonds is 5. The van der Waals surface area contributed by atoms with Crippen LogP contribution < -0.4 is 4.74 Å². The fraction of sp³-hybridized carbons (Fsp3) is 0.478. The van der Waals surface area contributed by atoms with Gasteiger partial charge in [-0.25, -0.2) is 4.98 Å². The van der Waals surface area contributed by atoms with Crippen LogP contribution in [0.2, 0.25) is 5.02 Å². The third kappa shape index (κ3) is 3.89. The molecule has 142 valence electrons. The van der Waals surface area contributed by atoms with Crippen LogP contribution in [0.5, 0.6) is 5.75 Å². The number of aryl methyl sites for hydroxylation is 1. The molecule has 2 aliphatic rings. The Kier molecular flexibility index (Phi) is 5.23. The third-order valence-corrected chi connectivity index (χ3v) is 6.36. The lowest BCUT2D eigenvalue weighted by molar-refractivity contribution is 0.0877. The number of methoxy groups -OCH3 is 1. The van der Waals surface area contributed by atoms with E-state index in [2.05, 4.69) is 17.1 Å². The Bertz CT molecular complexity index is 851. The molecular formula is C23H26ClNO2. The molecule has 0 atom stereocenters. The van der Waals surface area contributed by atoms with E-state index in [4.69, 9.17) is 16.3 Å². The van der Waals surface area contributed by atoms with Crippen LogP contribution in [0.3, 0.4) is 0 Å². The Morgan fingerprint density at radius 2 is 1.74 bits per heavy atom. The van der Waals surface area contributed by atoms with Crippen LogP contribution in [-0.4, -0.2) is 17.9 Å². The van der Waals surface area contributed by atoms with Gasteiger partial charge in [0.2, 0.25) is 0 Å². The van der Waals surface area contributed by atoms with Crippen molar-refractivity contribution in [2.75, 3.05) is 7.11 Å². The molecular weight excluding hydrogens is 358 g/mol. The molecule has 0 aliphatic heterocycles. The number of benzene rings is 1. The lowest BCUT2D eigenvalue weighted by atomic mass is 9.76. The van der Waals surface area contributed by atoms with Gasteiger partial charge in [-0.15, -0.1) is 0 Å². The van der Waals surface area contributed by atoms with E-state index in [0.717, 1.165) is 37.1 Å². The second kappa shape index (κ2) is 7.63. The quantitative estimate of drug-likeness (QED) is 0.587. The zero-order valence-electron chi connectivity index (χ0n) is 16.0. The van der Waals surface area contributed by atoms with Crippen molar-refractivity contribution in [3.63, 3.8) is 0 Å². The summed E-state index contributed by atoms with van der Waals surface area (Å²) >= 11 is 6.29. The zero-order valence-corrected chi connectivity index (χ0v) is 16.8. The highest BCUT2D eigenvalue weighted by Crippen LogP contribution is 2.43. The van der Waals surface area contributed by atoms with Gasteiger partial charge in [0.25, 0.3) is 0 Å². The summed E-state index contributed by atoms with van der Waals surface area (Å²) in [5.74, 6) is 2.08. The second-order valence-corrected chi connectivity index (χ2v) is 8.38. The highest BCUT2D eigenvalue weighted by atomic mass is 35.5. The third-order valence-electron chi connectivity index (χ3n) is 6.06. The first-order valence-corrected chi connectivity index (χ1v) is 10.3. The van der Waals surface area contributed by atoms with Crippen LogP contribution in [0.25, 0.3) is 0 Å². The average Bonchev–Trinajstić information content (AvgIpc) is 3.52. The number of Topliss-reactive ketones (excluding diaryl/α,β-unsaturated/α-hetero) is 1. The monoisotopic (exact) mass is 383 g/mol. The zero-order chi connectivity index (χ0) is 19.0. The second-order valence-electron chi connectivity index (χ2n) is 7.97. The molecule has 0 spiro atoms. The standard InChI is InChI=1S/C23H26ClNO2/c1-14-3-11-19(16-6-7-16)22(25-14)23(26)17-8-4-15(5-9-17)18-10-12-21(27-2)20(24)13-18/h3,10-13,15-17H,4-9H2,1-2H3. The van der Waals surface area contributed by atoms with Gasteiger partial charge in [-0.05, 0) is 86.6 Å². The van der Waals surface area contributed by atoms with Crippen molar-refractivity contribution in [2.45, 2.75) is 57.3 Å². The Morgan fingerprint density at radius 3 is 2.37 bits per heavy atom. The Morgan fingerprint density at radius 1 is 1.04 bits per heavy atom. The molecule has 0 bridgehead atoms. The van der Waals surface area contributed by atoms with E-state index < -0.39 is 0 Å². The minimum Gasteiger partial charge on any atom is -0.495 e. The molecule has 0 unspecified atom stereocenters. The van der Waals surface area contributed by atoms with Crippen molar-refractivity contribution in [1.29, 1.82) is 0 Å². The van der Waals surface area contributed by atoms with Crippen LogP contribution in [-0.2, 0) is 0 Å². The molecule has 2 aromatic rings. The molecule has 0 amide bonds. The normalized spacial score (nSPS) is 22.5. The number of nitrogens with zero attached hydrogens (tertiary/aromatic N) is 1. The van der Waals surface area contributed by atoms with Gasteiger partial charge in [0.05, 0.1) is 12.1 Å². The number of ketones is 1. The van der Waals surface area contributed by atoms with E-state index >= 15 is 0 Å². The van der Waals surface area contributed by atoms with Gasteiger partial charge in [-0.1, -0.05) is 23.7 Å². The predicted octanol–water partition coefficient (Wildman–Crippen LogP) is 6.09. The van der Waals surface area contributed by atoms with Gasteiger partial charge in [0.1, 0.15) is 11.4 Å². The van der Waals surface area contributed by atoms with E-state index in [1.165, 1.54) is 24.0 Å². The number of halogens is 1. The van der Waals surface area contributed by atoms with Crippen LogP contribution in [0.1, 0.15) is 77.7 Å². The SMILES string of the molecule is COc1ccc(C2CCC(C(=O)c3nc(C)ccc3C3CC3)CC2)cc1Cl. The van der Waals surface area contributed by atoms with E-state index in [0.29, 0.717) is 22.6 Å². The van der Waals surface area contributed by atoms with Gasteiger partial charge in [0.15, 0.2) is 5.78 Å². The summed E-state index contributed by atoms with van der Waals surface area (Å²) in [5.41, 5.74) is 4.10. The maximum Gasteiger partial charge on any atom is 0.184 e. The first-order chi connectivity index (χ1) is 13.1. The van der Waals surface area contributed by atoms with Crippen LogP contribution in [0, 0.1) is 12.8 Å². The van der Waals surface area contributed by atoms with Crippen LogP contribution in [0.4, 0.5) is 0 Å². The fourth-order valence-corrected chi connectivity index (χ4v) is 4.57. The van der Waals surface area contributed by atoms with Crippen molar-refractivity contribution >= 4 is 17.4 Å². The van der Waals surface area contributed by atoms with Gasteiger partial charge >= 0.3 is 0 Å². The number of ether oxygens (including phenoxy) is 1. The van der Waals surface area contributed by atoms with Gasteiger partial charge in [-0.3, -0.25) is 4.79 Å². The predicted molar refractivity (Wildman–Crippen MR) is 108 cm³/mol. The molecule has 1 heterocycles. The minimum absolute atomic E-state index is 0.0989. The summed E-state index contributed by atoms with van der Waals surface area (Å²) in [6.07, 6.45) is 6.26. The molecule has 1 aromatic carbocycles. The smallest absolute Gasteiger partial charge is 0.184 e. The first kappa shape index (κ1) is 18.5. The molecule has 4 rings (SSSR count). The van der Waals surface area contributed by atoms with Crippen LogP contribution in [0.15, 0.2) is 30.3 Å². The van der Waals surface area contributed by atoms with Crippen molar-refractivity contribution < 1.29 is 9.53 Å². The van der Waals surface area contributed by atoms with Crippen molar-refractivity contribution in [2.24, 2.45) is 5.92 Å². The lowest BCUT2D eigenvalue weighted by Crippen LogP contribution is -2.23. The molecule has 1 aromatic heterocycles. The highest BCUT2D eigenvalue weighted by Gasteiger charge is 2.33. The Balaban J connectivity index is 1.46. The number of carbonyl (C=O) groups is 1. The van der Waals surface area contributed by atoms with Gasteiger partial charge < -0.3 is 4.74 Å². The number of pyridine rings is 1. The maximum atomic E-state index is 13.2. The van der Waals surface area contributed by atoms with Crippen molar-refractivity contribution in [1.82, 2.24) is 4.98 Å². The molecule has 0 saturated heterocycles. The number of hydrogen-bond acceptors (Lipinski definition) is 3. The summed E-state index contributed by atoms with van der Waals surface area (Å²) in [6, 6.07) is 10.2. The molecule has 27 heavy (non-hydrogen) atoms. The largest absolute Gasteiger partial charge is 0.495 e. The summed E-state index contributed by atoms with van der Waals surface area (Å²) in [6.45, 7) is 1.97. The average molecular weight is 384 g/mol. The minimum atomic E-state index is 0.0989. The summed E-state index contributed by atoms with van der Waals surface area (Å²) in [5, 5.41) is 0.659. The Labute approximate surface area is 166 Å². The number of carbonyl (C=O) groups excluding carboxylic acids is 1. The van der Waals surface area contributed by atoms with Crippen molar-refractivity contribution in [3.05, 3.63) is 57.9 Å². The number of aromatic nitrogens is 1. The first-order valence-electron chi connectivity index (χ1n) is 9.92. The van der Waals surface area contributed by atoms with Gasteiger partial charge in [-0.2, -0.15) is 0 Å². The van der Waals surface area contributed by atoms with Crippen molar-refractivity contribution in [3.8, 4) is 5.75 Å². The Hall–Kier alpha value is -1.87. The van der Waals surface area contributed by atoms with E-state index in [1.807, 2.05) is 25.1 Å². The van der Waals surface area contributed by atoms with Crippen LogP contribution >= 0.6 is 11.6 Å². The number of hydrogen-bond donors (Lipinski definition) is 0. The molecule has 0 N–H and O–H groups in total. The fourth-order valence-electron chi connectivity index (χ4n) is 4.31. The summed E-state index contributed by atoms with van der Waals surface area (Å²) < 4.78 is 5.25. The molecule has 2 aliphatic carbocycles. The maximum absolute atomic E-state index is 13.2. The van der Waals surface area contributed by atoms with E-state index in [9.17, 15) is 4.79 Å². The topological polar surface area (TPSA) is 39.2 Å². The summed E-state index contributed by atoms with van der Waals surface area (Å²) in [4.78, 5) is 17.8.